The van der Waals surface area contributed by atoms with E-state index in [1.165, 1.54) is 70.8 Å². The summed E-state index contributed by atoms with van der Waals surface area (Å²) in [7, 11) is 3.38. The summed E-state index contributed by atoms with van der Waals surface area (Å²) in [4.78, 5) is 125. The average molecular weight is 1990 g/mol. The van der Waals surface area contributed by atoms with E-state index in [1.54, 1.807) is 63.1 Å². The van der Waals surface area contributed by atoms with E-state index in [9.17, 15) is 43.2 Å². The highest BCUT2D eigenvalue weighted by atomic mass is 32.1. The number of hydrogen-bond acceptors (Lipinski definition) is 24. The zero-order valence-corrected chi connectivity index (χ0v) is 77.6. The Bertz CT molecular complexity index is 7240. The zero-order valence-electron chi connectivity index (χ0n) is 75.1. The summed E-state index contributed by atoms with van der Waals surface area (Å²) >= 11 is 4.07. The molecule has 7 aliphatic carbocycles. The van der Waals surface area contributed by atoms with Crippen LogP contribution < -0.4 is 45.5 Å². The van der Waals surface area contributed by atoms with Crippen molar-refractivity contribution < 1.29 is 111 Å². The number of nitrogens with zero attached hydrogens (tertiary/aromatic N) is 9. The Hall–Kier alpha value is -14.3. The number of halogens is 9. The lowest BCUT2D eigenvalue weighted by molar-refractivity contribution is -0.00896. The minimum absolute atomic E-state index is 0.0568. The molecule has 141 heavy (non-hydrogen) atoms. The second kappa shape index (κ2) is 34.3. The number of fused-ring (bicyclic) bond motifs is 16. The van der Waals surface area contributed by atoms with Gasteiger partial charge in [0.05, 0.1) is 56.1 Å². The molecule has 4 fully saturated rings. The Morgan fingerprint density at radius 1 is 0.383 bits per heavy atom. The van der Waals surface area contributed by atoms with Crippen LogP contribution >= 0.6 is 34.0 Å². The number of ether oxygens (including phenoxy) is 9. The van der Waals surface area contributed by atoms with Crippen molar-refractivity contribution in [3.63, 3.8) is 0 Å². The van der Waals surface area contributed by atoms with Crippen molar-refractivity contribution in [2.45, 2.75) is 150 Å². The van der Waals surface area contributed by atoms with E-state index in [4.69, 9.17) is 28.4 Å². The summed E-state index contributed by atoms with van der Waals surface area (Å²) in [5, 5.41) is 11.1. The highest BCUT2D eigenvalue weighted by Crippen LogP contribution is 2.64. The molecule has 1 saturated carbocycles. The van der Waals surface area contributed by atoms with Crippen LogP contribution in [-0.2, 0) is 65.5 Å². The standard InChI is InChI=1S/C34H26F3N3O6S.2C34H28F3N3O6S/c1-44-33(43)46-15-45-29-23(41)10-11-38-28(29)32(42)39-18-7-6-16(12-18)31(39)40(38)27-19-4-2-3-5-20(19)30-24-17(14-47-30)13-34(36,37)26-22(35)9-8-21(27)25(24)26;2*1-44-33(43)46-17-45-30-23(41)12-14-39-29(30)32(42)38-13-6-2-3-9-24(38)40(39)28-19-7-4-5-8-20(19)31-25-18(16-47-31)15-34(36,37)27-22(35)11-10-21(28)26(25)27/h2-5,8-11,14,16,18,27,31H,6-7,12-13,15H2,1H3;2*4-5,7-8,10-12,14,16,24,28H,2-3,6,9,13,15,17H2,1H3/t16?,18?,27-,31?;24-,28-;/m11./s1. The first kappa shape index (κ1) is 90.5. The van der Waals surface area contributed by atoms with Crippen LogP contribution in [0.25, 0.3) is 64.7 Å². The van der Waals surface area contributed by atoms with Crippen molar-refractivity contribution in [1.29, 1.82) is 0 Å². The van der Waals surface area contributed by atoms with Gasteiger partial charge in [0.25, 0.3) is 35.5 Å². The van der Waals surface area contributed by atoms with Crippen molar-refractivity contribution in [1.82, 2.24) is 28.7 Å². The van der Waals surface area contributed by atoms with E-state index < -0.39 is 181 Å². The van der Waals surface area contributed by atoms with Crippen molar-refractivity contribution in [2.24, 2.45) is 5.92 Å². The van der Waals surface area contributed by atoms with Gasteiger partial charge in [-0.25, -0.2) is 53.9 Å². The second-order valence-corrected chi connectivity index (χ2v) is 39.1. The van der Waals surface area contributed by atoms with Gasteiger partial charge in [-0.3, -0.25) is 57.8 Å². The highest BCUT2D eigenvalue weighted by molar-refractivity contribution is 7.15. The third-order valence-corrected chi connectivity index (χ3v) is 32.3. The molecule has 0 radical (unpaired) electrons. The van der Waals surface area contributed by atoms with Crippen molar-refractivity contribution >= 4 is 70.2 Å². The molecule has 6 aromatic carbocycles. The molecular formula is C102H82F9N9O18S3. The van der Waals surface area contributed by atoms with E-state index in [1.807, 2.05) is 87.8 Å². The van der Waals surface area contributed by atoms with Crippen molar-refractivity contribution in [3.8, 4) is 82.0 Å². The number of amides is 3. The Labute approximate surface area is 807 Å². The maximum atomic E-state index is 15.9. The van der Waals surface area contributed by atoms with Crippen LogP contribution in [0.5, 0.6) is 17.2 Å². The Morgan fingerprint density at radius 2 is 0.723 bits per heavy atom. The molecule has 0 spiro atoms. The van der Waals surface area contributed by atoms with Crippen LogP contribution in [0, 0.1) is 23.4 Å². The maximum absolute atomic E-state index is 15.9. The van der Waals surface area contributed by atoms with Gasteiger partial charge >= 0.3 is 18.5 Å². The summed E-state index contributed by atoms with van der Waals surface area (Å²) in [6.45, 7) is -1.30. The first-order chi connectivity index (χ1) is 68.1. The molecule has 8 atom stereocenters. The molecule has 724 valence electrons. The summed E-state index contributed by atoms with van der Waals surface area (Å²) < 4.78 is 192. The molecule has 12 heterocycles. The van der Waals surface area contributed by atoms with Crippen LogP contribution in [0.3, 0.4) is 0 Å². The van der Waals surface area contributed by atoms with E-state index in [-0.39, 0.29) is 63.0 Å². The molecule has 5 unspecified atom stereocenters. The topological polar surface area (TPSA) is 271 Å². The fourth-order valence-electron chi connectivity index (χ4n) is 23.7. The van der Waals surface area contributed by atoms with Crippen LogP contribution in [-0.4, -0.2) is 144 Å². The zero-order chi connectivity index (χ0) is 97.6. The summed E-state index contributed by atoms with van der Waals surface area (Å²) in [6, 6.07) is 32.2. The number of methoxy groups -OCH3 is 3. The quantitative estimate of drug-likeness (QED) is 0.0476. The number of carbonyl (C=O) groups excluding carboxylic acids is 6. The summed E-state index contributed by atoms with van der Waals surface area (Å²) in [5.41, 5.74) is 5.95. The summed E-state index contributed by atoms with van der Waals surface area (Å²) in [6.07, 6.45) is 6.19. The minimum atomic E-state index is -3.45. The number of carbonyl (C=O) groups is 6. The lowest BCUT2D eigenvalue weighted by Gasteiger charge is -2.52. The number of rotatable bonds is 12. The highest BCUT2D eigenvalue weighted by Gasteiger charge is 2.60. The summed E-state index contributed by atoms with van der Waals surface area (Å²) in [5.74, 6) is -15.5. The Morgan fingerprint density at radius 3 is 1.09 bits per heavy atom. The molecule has 0 N–H and O–H groups in total. The molecule has 25 rings (SSSR count). The lowest BCUT2D eigenvalue weighted by atomic mass is 9.80. The maximum Gasteiger partial charge on any atom is 0.510 e. The molecule has 6 aliphatic heterocycles. The van der Waals surface area contributed by atoms with Gasteiger partial charge in [-0.05, 0) is 159 Å². The van der Waals surface area contributed by atoms with Crippen molar-refractivity contribution in [3.05, 3.63) is 294 Å². The van der Waals surface area contributed by atoms with Gasteiger partial charge in [0.1, 0.15) is 35.9 Å². The third-order valence-electron chi connectivity index (χ3n) is 29.1. The number of benzene rings is 6. The molecule has 12 aromatic rings. The van der Waals surface area contributed by atoms with Gasteiger partial charge in [0.15, 0.2) is 17.1 Å². The number of aromatic nitrogens is 3. The minimum Gasteiger partial charge on any atom is -0.451 e. The lowest BCUT2D eigenvalue weighted by Crippen LogP contribution is -2.64. The van der Waals surface area contributed by atoms with Gasteiger partial charge in [-0.1, -0.05) is 104 Å². The van der Waals surface area contributed by atoms with Crippen LogP contribution in [0.15, 0.2) is 177 Å². The van der Waals surface area contributed by atoms with E-state index >= 15 is 39.5 Å². The molecule has 39 heteroatoms. The predicted octanol–water partition coefficient (Wildman–Crippen LogP) is 19.2. The van der Waals surface area contributed by atoms with Crippen LogP contribution in [0.1, 0.15) is 187 Å². The largest absolute Gasteiger partial charge is 0.510 e. The number of hydrogen-bond donors (Lipinski definition) is 0. The Kier molecular flexibility index (Phi) is 22.0. The van der Waals surface area contributed by atoms with Gasteiger partial charge in [0.2, 0.25) is 53.9 Å². The van der Waals surface area contributed by atoms with Gasteiger partial charge in [0, 0.05) is 129 Å². The van der Waals surface area contributed by atoms with Crippen LogP contribution in [0.2, 0.25) is 0 Å². The Balaban J connectivity index is 0.000000118. The molecule has 27 nitrogen and oxygen atoms in total. The van der Waals surface area contributed by atoms with Gasteiger partial charge in [-0.15, -0.1) is 34.0 Å². The third kappa shape index (κ3) is 14.1. The van der Waals surface area contributed by atoms with Crippen molar-refractivity contribution in [2.75, 3.05) is 69.8 Å². The number of pyridine rings is 3. The van der Waals surface area contributed by atoms with Crippen LogP contribution in [0.4, 0.5) is 53.9 Å². The fraction of sp³-hybridized carbons (Fsp3) is 0.324. The predicted molar refractivity (Wildman–Crippen MR) is 495 cm³/mol. The fourth-order valence-corrected chi connectivity index (χ4v) is 27.0. The average Bonchev–Trinajstić information content (AvgIpc) is 1.64. The smallest absolute Gasteiger partial charge is 0.451 e. The first-order valence-corrected chi connectivity index (χ1v) is 48.6. The SMILES string of the molecule is COC(=O)OCOc1c2n(ccc1=O)N(C1c3ccccc3-c3scc4c3-c3c1ccc(F)c3C(F)(F)C4)C1CCCCCN1C2=O.COC(=O)OCOc1c2n(ccc1=O)N([C@@H]1c3ccccc3-c3scc4c3-c3c1ccc(F)c3C(F)(F)C4)C1C3CCC(C3)N1C2=O.COC(=O)OCOc1c2n(ccc1=O)N([C@@H]1c3ccccc3-c3scc4c3-c3c1ccc(F)c3C(F)(F)C4)[C@@H]1CCCCCN1C2=O. The molecular weight excluding hydrogens is 1910 g/mol. The van der Waals surface area contributed by atoms with Gasteiger partial charge < -0.3 is 57.3 Å². The monoisotopic (exact) mass is 1990 g/mol. The normalized spacial score (nSPS) is 21.4. The molecule has 13 aliphatic rings. The molecule has 2 bridgehead atoms. The molecule has 3 amide bonds. The van der Waals surface area contributed by atoms with Gasteiger partial charge in [-0.2, -0.15) is 0 Å². The molecule has 6 aromatic heterocycles. The first-order valence-electron chi connectivity index (χ1n) is 45.9. The van der Waals surface area contributed by atoms with E-state index in [2.05, 4.69) is 14.2 Å². The molecule has 3 saturated heterocycles. The van der Waals surface area contributed by atoms with E-state index in [0.29, 0.717) is 76.0 Å². The number of thiophene rings is 3. The number of piperidine rings is 1. The number of alkyl halides is 6. The second-order valence-electron chi connectivity index (χ2n) is 36.5. The van der Waals surface area contributed by atoms with E-state index in [0.717, 1.165) is 145 Å².